The van der Waals surface area contributed by atoms with Crippen molar-refractivity contribution in [1.29, 1.82) is 0 Å². The molecule has 2 aliphatic carbocycles. The number of carbonyl (C=O) groups excluding carboxylic acids is 2. The number of rotatable bonds is 12. The van der Waals surface area contributed by atoms with Crippen molar-refractivity contribution in [2.24, 2.45) is 0 Å². The van der Waals surface area contributed by atoms with Gasteiger partial charge in [-0.15, -0.1) is 0 Å². The third-order valence-corrected chi connectivity index (χ3v) is 6.70. The monoisotopic (exact) mass is 488 g/mol. The number of carbonyl (C=O) groups is 3. The van der Waals surface area contributed by atoms with Crippen LogP contribution < -0.4 is 10.6 Å². The van der Waals surface area contributed by atoms with E-state index >= 15 is 0 Å². The van der Waals surface area contributed by atoms with E-state index in [2.05, 4.69) is 28.8 Å². The smallest absolute Gasteiger partial charge is 0.407 e. The number of unbranched alkanes of at least 4 members (excludes halogenated alkanes) is 1. The molecule has 4 rings (SSSR count). The van der Waals surface area contributed by atoms with Crippen LogP contribution in [0.1, 0.15) is 55.6 Å². The van der Waals surface area contributed by atoms with E-state index in [1.807, 2.05) is 48.6 Å². The number of aliphatic carboxylic acids is 1. The molecule has 0 spiro atoms. The highest BCUT2D eigenvalue weighted by atomic mass is 16.5. The second-order valence-electron chi connectivity index (χ2n) is 9.16. The number of ether oxygens (including phenoxy) is 1. The maximum atomic E-state index is 12.4. The lowest BCUT2D eigenvalue weighted by atomic mass is 9.98. The average Bonchev–Trinajstić information content (AvgIpc) is 3.51. The average molecular weight is 489 g/mol. The highest BCUT2D eigenvalue weighted by molar-refractivity contribution is 5.81. The third-order valence-electron chi connectivity index (χ3n) is 6.70. The Morgan fingerprint density at radius 1 is 1.00 bits per heavy atom. The molecule has 7 nitrogen and oxygen atoms in total. The van der Waals surface area contributed by atoms with Crippen molar-refractivity contribution < 1.29 is 24.2 Å². The number of amides is 2. The van der Waals surface area contributed by atoms with Crippen LogP contribution in [0.3, 0.4) is 0 Å². The number of allylic oxidation sites excluding steroid dienone is 4. The van der Waals surface area contributed by atoms with Crippen LogP contribution in [-0.4, -0.2) is 42.3 Å². The minimum Gasteiger partial charge on any atom is -0.480 e. The van der Waals surface area contributed by atoms with Gasteiger partial charge in [0.15, 0.2) is 0 Å². The van der Waals surface area contributed by atoms with Crippen LogP contribution in [0.25, 0.3) is 11.1 Å². The number of fused-ring (bicyclic) bond motifs is 3. The number of benzene rings is 2. The number of nitrogens with one attached hydrogen (secondary N) is 2. The molecule has 2 aromatic carbocycles. The highest BCUT2D eigenvalue weighted by Gasteiger charge is 2.29. The molecule has 188 valence electrons. The van der Waals surface area contributed by atoms with Crippen molar-refractivity contribution in [3.05, 3.63) is 83.5 Å². The van der Waals surface area contributed by atoms with Gasteiger partial charge in [-0.05, 0) is 54.4 Å². The molecular weight excluding hydrogens is 456 g/mol. The second kappa shape index (κ2) is 12.2. The summed E-state index contributed by atoms with van der Waals surface area (Å²) in [6, 6.07) is 15.0. The second-order valence-corrected chi connectivity index (χ2v) is 9.16. The third kappa shape index (κ3) is 6.42. The Balaban J connectivity index is 1.18. The lowest BCUT2D eigenvalue weighted by Gasteiger charge is -2.17. The summed E-state index contributed by atoms with van der Waals surface area (Å²) in [5.41, 5.74) is 5.71. The van der Waals surface area contributed by atoms with Crippen molar-refractivity contribution in [2.45, 2.75) is 50.5 Å². The van der Waals surface area contributed by atoms with Gasteiger partial charge in [-0.1, -0.05) is 72.3 Å². The van der Waals surface area contributed by atoms with Crippen molar-refractivity contribution in [3.63, 3.8) is 0 Å². The zero-order chi connectivity index (χ0) is 25.3. The van der Waals surface area contributed by atoms with E-state index in [1.165, 1.54) is 5.57 Å². The van der Waals surface area contributed by atoms with Gasteiger partial charge < -0.3 is 20.5 Å². The Morgan fingerprint density at radius 3 is 2.33 bits per heavy atom. The molecule has 0 aromatic heterocycles. The van der Waals surface area contributed by atoms with Gasteiger partial charge in [0, 0.05) is 18.9 Å². The van der Waals surface area contributed by atoms with Gasteiger partial charge in [0.05, 0.1) is 0 Å². The van der Waals surface area contributed by atoms with Gasteiger partial charge in [0.1, 0.15) is 12.6 Å². The van der Waals surface area contributed by atoms with Crippen LogP contribution in [-0.2, 0) is 14.3 Å². The van der Waals surface area contributed by atoms with Crippen LogP contribution in [0.4, 0.5) is 4.79 Å². The molecule has 3 N–H and O–H groups in total. The zero-order valence-electron chi connectivity index (χ0n) is 20.2. The number of alkyl carbamates (subject to hydrolysis) is 1. The van der Waals surface area contributed by atoms with Crippen LogP contribution in [0.15, 0.2) is 72.3 Å². The Labute approximate surface area is 211 Å². The van der Waals surface area contributed by atoms with Crippen molar-refractivity contribution >= 4 is 18.0 Å². The minimum absolute atomic E-state index is 0.00523. The van der Waals surface area contributed by atoms with Gasteiger partial charge in [-0.3, -0.25) is 4.79 Å². The van der Waals surface area contributed by atoms with Crippen LogP contribution in [0, 0.1) is 0 Å². The fourth-order valence-electron chi connectivity index (χ4n) is 4.78. The normalized spacial score (nSPS) is 14.5. The number of hydrogen-bond donors (Lipinski definition) is 3. The van der Waals surface area contributed by atoms with Crippen LogP contribution in [0.5, 0.6) is 0 Å². The first kappa shape index (κ1) is 25.2. The van der Waals surface area contributed by atoms with E-state index in [4.69, 9.17) is 4.74 Å². The molecule has 0 saturated carbocycles. The fraction of sp³-hybridized carbons (Fsp3) is 0.345. The Kier molecular flexibility index (Phi) is 8.55. The molecule has 0 saturated heterocycles. The molecule has 2 amide bonds. The Hall–Kier alpha value is -3.87. The predicted octanol–water partition coefficient (Wildman–Crippen LogP) is 4.93. The summed E-state index contributed by atoms with van der Waals surface area (Å²) in [7, 11) is 0. The van der Waals surface area contributed by atoms with E-state index in [-0.39, 0.29) is 24.9 Å². The van der Waals surface area contributed by atoms with E-state index in [9.17, 15) is 19.5 Å². The largest absolute Gasteiger partial charge is 0.480 e. The summed E-state index contributed by atoms with van der Waals surface area (Å²) < 4.78 is 5.47. The molecule has 36 heavy (non-hydrogen) atoms. The van der Waals surface area contributed by atoms with E-state index in [0.717, 1.165) is 35.1 Å². The number of carboxylic acid groups (broad SMARTS) is 1. The first-order valence-corrected chi connectivity index (χ1v) is 12.5. The fourth-order valence-corrected chi connectivity index (χ4v) is 4.78. The van der Waals surface area contributed by atoms with Crippen molar-refractivity contribution in [2.75, 3.05) is 13.2 Å². The molecule has 7 heteroatoms. The lowest BCUT2D eigenvalue weighted by molar-refractivity contribution is -0.139. The molecule has 1 atom stereocenters. The van der Waals surface area contributed by atoms with Gasteiger partial charge in [-0.25, -0.2) is 9.59 Å². The molecule has 0 heterocycles. The molecular formula is C29H32N2O5. The molecule has 0 aliphatic heterocycles. The Bertz CT molecular complexity index is 1120. The zero-order valence-corrected chi connectivity index (χ0v) is 20.2. The topological polar surface area (TPSA) is 105 Å². The maximum Gasteiger partial charge on any atom is 0.407 e. The Morgan fingerprint density at radius 2 is 1.69 bits per heavy atom. The van der Waals surface area contributed by atoms with Crippen molar-refractivity contribution in [3.8, 4) is 11.1 Å². The minimum atomic E-state index is -1.11. The summed E-state index contributed by atoms with van der Waals surface area (Å²) in [4.78, 5) is 36.0. The van der Waals surface area contributed by atoms with Crippen LogP contribution >= 0.6 is 0 Å². The van der Waals surface area contributed by atoms with Gasteiger partial charge >= 0.3 is 12.1 Å². The van der Waals surface area contributed by atoms with Crippen molar-refractivity contribution in [1.82, 2.24) is 10.6 Å². The number of hydrogen-bond acceptors (Lipinski definition) is 4. The predicted molar refractivity (Wildman–Crippen MR) is 138 cm³/mol. The summed E-state index contributed by atoms with van der Waals surface area (Å²) >= 11 is 0. The molecule has 0 unspecified atom stereocenters. The van der Waals surface area contributed by atoms with E-state index in [1.54, 1.807) is 0 Å². The first-order valence-electron chi connectivity index (χ1n) is 12.5. The summed E-state index contributed by atoms with van der Waals surface area (Å²) in [6.07, 6.45) is 8.94. The molecule has 0 fully saturated rings. The lowest BCUT2D eigenvalue weighted by Crippen LogP contribution is -2.41. The van der Waals surface area contributed by atoms with E-state index < -0.39 is 18.1 Å². The standard InChI is InChI=1S/C29H32N2O5/c32-27(17-16-20-9-1-2-10-20)30-18-8-7-15-26(28(33)34)31-29(35)36-19-25-23-13-5-3-11-21(23)22-12-4-6-14-24(22)25/h1-6,9,11-14,25-26H,7-8,10,15-19H2,(H,30,32)(H,31,35)(H,33,34)/t26-/m0/s1. The summed E-state index contributed by atoms with van der Waals surface area (Å²) in [5, 5.41) is 14.9. The molecule has 0 radical (unpaired) electrons. The van der Waals surface area contributed by atoms with E-state index in [0.29, 0.717) is 25.8 Å². The van der Waals surface area contributed by atoms with Gasteiger partial charge in [0.2, 0.25) is 5.91 Å². The molecule has 2 aliphatic rings. The quantitative estimate of drug-likeness (QED) is 0.368. The summed E-state index contributed by atoms with van der Waals surface area (Å²) in [5.74, 6) is -1.20. The number of carboxylic acids is 1. The van der Waals surface area contributed by atoms with Gasteiger partial charge in [-0.2, -0.15) is 0 Å². The molecule has 2 aromatic rings. The summed E-state index contributed by atoms with van der Waals surface area (Å²) in [6.45, 7) is 0.610. The maximum absolute atomic E-state index is 12.4. The SMILES string of the molecule is O=C(CCC1=CC=CC1)NCCCC[C@H](NC(=O)OCC1c2ccccc2-c2ccccc21)C(=O)O. The molecule has 0 bridgehead atoms. The van der Waals surface area contributed by atoms with Crippen LogP contribution in [0.2, 0.25) is 0 Å². The first-order chi connectivity index (χ1) is 17.5. The van der Waals surface area contributed by atoms with Gasteiger partial charge in [0.25, 0.3) is 0 Å². The highest BCUT2D eigenvalue weighted by Crippen LogP contribution is 2.44.